The van der Waals surface area contributed by atoms with Crippen molar-refractivity contribution >= 4 is 40.1 Å². The van der Waals surface area contributed by atoms with Crippen LogP contribution in [0.1, 0.15) is 22.7 Å². The lowest BCUT2D eigenvalue weighted by Gasteiger charge is -2.33. The number of hydrogen-bond donors (Lipinski definition) is 1. The molecule has 0 aromatic heterocycles. The minimum atomic E-state index is -0.975. The van der Waals surface area contributed by atoms with E-state index in [0.29, 0.717) is 11.3 Å². The molecule has 1 fully saturated rings. The lowest BCUT2D eigenvalue weighted by Crippen LogP contribution is -2.53. The van der Waals surface area contributed by atoms with E-state index >= 15 is 0 Å². The van der Waals surface area contributed by atoms with Gasteiger partial charge in [0, 0.05) is 11.9 Å². The molecule has 5 aromatic carbocycles. The molecule has 1 aliphatic rings. The first-order valence-electron chi connectivity index (χ1n) is 15.2. The van der Waals surface area contributed by atoms with Crippen LogP contribution in [0.5, 0.6) is 0 Å². The first kappa shape index (κ1) is 30.4. The number of imide groups is 1. The summed E-state index contributed by atoms with van der Waals surface area (Å²) >= 11 is 0. The van der Waals surface area contributed by atoms with Crippen LogP contribution in [0.3, 0.4) is 0 Å². The van der Waals surface area contributed by atoms with E-state index in [2.05, 4.69) is 5.32 Å². The smallest absolute Gasteiger partial charge is 0.251 e. The molecule has 0 bridgehead atoms. The van der Waals surface area contributed by atoms with E-state index in [1.54, 1.807) is 18.2 Å². The fraction of sp³-hybridized carbons (Fsp3) is 0.158. The van der Waals surface area contributed by atoms with E-state index in [9.17, 15) is 19.2 Å². The Kier molecular flexibility index (Phi) is 9.27. The Morgan fingerprint density at radius 1 is 0.565 bits per heavy atom. The number of anilines is 1. The Morgan fingerprint density at radius 2 is 1.15 bits per heavy atom. The maximum absolute atomic E-state index is 14.4. The summed E-state index contributed by atoms with van der Waals surface area (Å²) in [5.74, 6) is -1.81. The molecule has 1 aliphatic heterocycles. The summed E-state index contributed by atoms with van der Waals surface area (Å²) in [6.07, 6.45) is 0. The van der Waals surface area contributed by atoms with E-state index in [-0.39, 0.29) is 38.6 Å². The molecule has 0 saturated carbocycles. The molecule has 5 aromatic rings. The predicted octanol–water partition coefficient (Wildman–Crippen LogP) is 5.10. The summed E-state index contributed by atoms with van der Waals surface area (Å²) in [6, 6.07) is 40.0. The Balaban J connectivity index is 1.45. The molecule has 1 unspecified atom stereocenters. The minimum absolute atomic E-state index is 0.00909. The Bertz CT molecular complexity index is 1840. The van der Waals surface area contributed by atoms with Gasteiger partial charge in [-0.1, -0.05) is 127 Å². The summed E-state index contributed by atoms with van der Waals surface area (Å²) in [6.45, 7) is -0.661. The van der Waals surface area contributed by atoms with E-state index in [1.165, 1.54) is 14.7 Å². The third-order valence-electron chi connectivity index (χ3n) is 8.13. The van der Waals surface area contributed by atoms with Gasteiger partial charge in [0.1, 0.15) is 19.1 Å². The minimum Gasteiger partial charge on any atom is -0.328 e. The fourth-order valence-electron chi connectivity index (χ4n) is 5.76. The number of nitrogens with zero attached hydrogens (tertiary/aromatic N) is 3. The second-order valence-corrected chi connectivity index (χ2v) is 11.2. The normalized spacial score (nSPS) is 16.8. The maximum atomic E-state index is 14.4. The van der Waals surface area contributed by atoms with Gasteiger partial charge >= 0.3 is 0 Å². The van der Waals surface area contributed by atoms with Gasteiger partial charge in [-0.25, -0.2) is 0 Å². The molecule has 1 N–H and O–H groups in total. The molecule has 8 nitrogen and oxygen atoms in total. The lowest BCUT2D eigenvalue weighted by molar-refractivity contribution is -0.147. The van der Waals surface area contributed by atoms with E-state index in [1.807, 2.05) is 115 Å². The lowest BCUT2D eigenvalue weighted by atomic mass is 10.0. The molecule has 1 saturated heterocycles. The molecule has 4 amide bonds. The molecule has 0 aliphatic carbocycles. The largest absolute Gasteiger partial charge is 0.328 e. The van der Waals surface area contributed by atoms with E-state index in [0.717, 1.165) is 21.9 Å². The van der Waals surface area contributed by atoms with Crippen molar-refractivity contribution in [3.05, 3.63) is 150 Å². The van der Waals surface area contributed by atoms with E-state index < -0.39 is 23.8 Å². The topological polar surface area (TPSA) is 90.0 Å². The number of benzene rings is 5. The van der Waals surface area contributed by atoms with Gasteiger partial charge in [-0.05, 0) is 28.1 Å². The van der Waals surface area contributed by atoms with Crippen LogP contribution in [-0.4, -0.2) is 53.1 Å². The molecule has 1 atom stereocenters. The number of hydrogen-bond acceptors (Lipinski definition) is 5. The highest BCUT2D eigenvalue weighted by molar-refractivity contribution is 6.09. The van der Waals surface area contributed by atoms with Crippen molar-refractivity contribution in [1.82, 2.24) is 15.1 Å². The zero-order chi connectivity index (χ0) is 31.9. The molecule has 0 spiro atoms. The van der Waals surface area contributed by atoms with Crippen molar-refractivity contribution in [3.8, 4) is 0 Å². The molecule has 6 rings (SSSR count). The molecule has 0 radical (unpaired) electrons. The SMILES string of the molecule is O=C1CNC(c2ccccc2)C(=O)N(Cc2ccccc2)C(=O)CN(c2cccc3ccccc23)C(=O)CN1Cc1ccccc1. The zero-order valence-corrected chi connectivity index (χ0v) is 25.3. The number of carbonyl (C=O) groups excluding carboxylic acids is 4. The van der Waals surface area contributed by atoms with Crippen molar-refractivity contribution in [2.75, 3.05) is 24.5 Å². The van der Waals surface area contributed by atoms with Crippen molar-refractivity contribution in [2.24, 2.45) is 0 Å². The molecule has 230 valence electrons. The van der Waals surface area contributed by atoms with Crippen LogP contribution in [0.2, 0.25) is 0 Å². The highest BCUT2D eigenvalue weighted by Crippen LogP contribution is 2.28. The van der Waals surface area contributed by atoms with Gasteiger partial charge < -0.3 is 9.80 Å². The second-order valence-electron chi connectivity index (χ2n) is 11.2. The van der Waals surface area contributed by atoms with Crippen molar-refractivity contribution in [1.29, 1.82) is 0 Å². The third-order valence-corrected chi connectivity index (χ3v) is 8.13. The van der Waals surface area contributed by atoms with Gasteiger partial charge in [0.15, 0.2) is 0 Å². The van der Waals surface area contributed by atoms with Crippen LogP contribution in [0.15, 0.2) is 133 Å². The summed E-state index contributed by atoms with van der Waals surface area (Å²) in [4.78, 5) is 60.9. The molecule has 8 heteroatoms. The van der Waals surface area contributed by atoms with Gasteiger partial charge in [-0.15, -0.1) is 0 Å². The Labute approximate surface area is 267 Å². The average Bonchev–Trinajstić information content (AvgIpc) is 3.10. The molecular weight excluding hydrogens is 576 g/mol. The van der Waals surface area contributed by atoms with Crippen LogP contribution < -0.4 is 10.2 Å². The zero-order valence-electron chi connectivity index (χ0n) is 25.3. The van der Waals surface area contributed by atoms with Gasteiger partial charge in [-0.3, -0.25) is 29.4 Å². The summed E-state index contributed by atoms with van der Waals surface area (Å²) in [7, 11) is 0. The van der Waals surface area contributed by atoms with Crippen molar-refractivity contribution < 1.29 is 19.2 Å². The Hall–Kier alpha value is -5.60. The second kappa shape index (κ2) is 14.0. The predicted molar refractivity (Wildman–Crippen MR) is 177 cm³/mol. The van der Waals surface area contributed by atoms with Crippen LogP contribution >= 0.6 is 0 Å². The van der Waals surface area contributed by atoms with Gasteiger partial charge in [0.2, 0.25) is 17.7 Å². The van der Waals surface area contributed by atoms with Crippen LogP contribution in [0, 0.1) is 0 Å². The van der Waals surface area contributed by atoms with Gasteiger partial charge in [0.25, 0.3) is 5.91 Å². The summed E-state index contributed by atoms with van der Waals surface area (Å²) < 4.78 is 0. The number of carbonyl (C=O) groups is 4. The average molecular weight is 611 g/mol. The third kappa shape index (κ3) is 6.87. The quantitative estimate of drug-likeness (QED) is 0.270. The van der Waals surface area contributed by atoms with Crippen molar-refractivity contribution in [2.45, 2.75) is 19.1 Å². The first-order chi connectivity index (χ1) is 22.5. The number of amides is 4. The molecule has 1 heterocycles. The Morgan fingerprint density at radius 3 is 1.85 bits per heavy atom. The van der Waals surface area contributed by atoms with Crippen molar-refractivity contribution in [3.63, 3.8) is 0 Å². The number of fused-ring (bicyclic) bond motifs is 1. The number of rotatable bonds is 6. The van der Waals surface area contributed by atoms with E-state index in [4.69, 9.17) is 0 Å². The summed E-state index contributed by atoms with van der Waals surface area (Å²) in [5, 5.41) is 4.81. The van der Waals surface area contributed by atoms with Crippen LogP contribution in [0.25, 0.3) is 10.8 Å². The monoisotopic (exact) mass is 610 g/mol. The fourth-order valence-corrected chi connectivity index (χ4v) is 5.76. The standard InChI is InChI=1S/C38H34N4O4/c43-34-23-39-37(31-18-8-3-9-19-31)38(46)42(25-29-15-6-2-7-16-29)36(45)27-41(33-22-12-20-30-17-10-11-21-32(30)33)35(44)26-40(34)24-28-13-4-1-5-14-28/h1-22,37,39H,23-27H2. The molecule has 46 heavy (non-hydrogen) atoms. The van der Waals surface area contributed by atoms with Gasteiger partial charge in [0.05, 0.1) is 18.8 Å². The first-order valence-corrected chi connectivity index (χ1v) is 15.2. The number of nitrogens with one attached hydrogen (secondary N) is 1. The molecular formula is C38H34N4O4. The highest BCUT2D eigenvalue weighted by atomic mass is 16.2. The highest BCUT2D eigenvalue weighted by Gasteiger charge is 2.35. The van der Waals surface area contributed by atoms with Gasteiger partial charge in [-0.2, -0.15) is 0 Å². The maximum Gasteiger partial charge on any atom is 0.251 e. The van der Waals surface area contributed by atoms with Crippen LogP contribution in [0.4, 0.5) is 5.69 Å². The summed E-state index contributed by atoms with van der Waals surface area (Å²) in [5.41, 5.74) is 2.77. The van der Waals surface area contributed by atoms with Crippen LogP contribution in [-0.2, 0) is 32.3 Å².